The third kappa shape index (κ3) is 5.75. The minimum Gasteiger partial charge on any atom is -0.364 e. The molecule has 2 bridgehead atoms. The van der Waals surface area contributed by atoms with E-state index in [1.165, 1.54) is 74.3 Å². The average Bonchev–Trinajstić information content (AvgIpc) is 3.82. The molecule has 5 aliphatic carbocycles. The SMILES string of the molecule is C=C[C@@]12C[C@@H](CN1CCN[C@]13CC[C@@H](C(=C)C)C1[C@H]1CCC4[C@@]5(C)CC=C(c6ccc(C(O)OC)cc6)C(C)(C)C5CC[C@@]4(C)[C@]1(C)CC3)N(S(C)(=O)=O)C2. The van der Waals surface area contributed by atoms with E-state index < -0.39 is 16.3 Å². The van der Waals surface area contributed by atoms with Crippen molar-refractivity contribution in [1.29, 1.82) is 0 Å². The average molecular weight is 774 g/mol. The Morgan fingerprint density at radius 3 is 2.40 bits per heavy atom. The molecule has 2 N–H and O–H groups in total. The molecule has 12 atom stereocenters. The molecule has 2 heterocycles. The molecule has 8 heteroatoms. The molecule has 0 aromatic heterocycles. The van der Waals surface area contributed by atoms with Crippen molar-refractivity contribution in [3.8, 4) is 0 Å². The predicted octanol–water partition coefficient (Wildman–Crippen LogP) is 8.59. The number of ether oxygens (including phenoxy) is 1. The van der Waals surface area contributed by atoms with Crippen LogP contribution in [0.3, 0.4) is 0 Å². The lowest BCUT2D eigenvalue weighted by Gasteiger charge is -2.72. The van der Waals surface area contributed by atoms with Crippen LogP contribution in [-0.2, 0) is 14.8 Å². The number of rotatable bonds is 10. The highest BCUT2D eigenvalue weighted by atomic mass is 32.2. The Morgan fingerprint density at radius 2 is 1.75 bits per heavy atom. The van der Waals surface area contributed by atoms with Crippen LogP contribution in [0.2, 0.25) is 0 Å². The highest BCUT2D eigenvalue weighted by Crippen LogP contribution is 2.76. The summed E-state index contributed by atoms with van der Waals surface area (Å²) in [6.07, 6.45) is 17.3. The van der Waals surface area contributed by atoms with E-state index in [4.69, 9.17) is 4.74 Å². The quantitative estimate of drug-likeness (QED) is 0.183. The van der Waals surface area contributed by atoms with Crippen LogP contribution in [0.25, 0.3) is 5.57 Å². The molecule has 304 valence electrons. The van der Waals surface area contributed by atoms with E-state index in [1.54, 1.807) is 11.4 Å². The second-order valence-electron chi connectivity index (χ2n) is 20.9. The molecule has 55 heavy (non-hydrogen) atoms. The van der Waals surface area contributed by atoms with E-state index in [9.17, 15) is 13.5 Å². The minimum absolute atomic E-state index is 0.0533. The third-order valence-corrected chi connectivity index (χ3v) is 19.8. The molecule has 6 fully saturated rings. The number of nitrogens with one attached hydrogen (secondary N) is 1. The molecule has 8 rings (SSSR count). The zero-order valence-corrected chi connectivity index (χ0v) is 36.1. The maximum Gasteiger partial charge on any atom is 0.211 e. The Morgan fingerprint density at radius 1 is 1.02 bits per heavy atom. The smallest absolute Gasteiger partial charge is 0.211 e. The zero-order valence-electron chi connectivity index (χ0n) is 35.3. The van der Waals surface area contributed by atoms with E-state index in [0.717, 1.165) is 38.0 Å². The molecule has 2 saturated heterocycles. The number of sulfonamides is 1. The fourth-order valence-corrected chi connectivity index (χ4v) is 16.9. The summed E-state index contributed by atoms with van der Waals surface area (Å²) < 4.78 is 31.9. The summed E-state index contributed by atoms with van der Waals surface area (Å²) in [7, 11) is -1.67. The standard InChI is InChI=1S/C47H71N3O4S/c1-11-46-28-34(50(30-46)55(10,52)53)29-49(46)27-26-48-47-23-18-35(31(2)3)40(47)37-16-17-39-43(6)21-19-36(32-12-14-33(15-13-32)41(51)54-9)42(4,5)38(43)20-22-45(39,8)44(37,7)24-25-47/h11-15,19,34-35,37-41,48,51H,1-2,16-18,20-30H2,3-10H3/t34-,35-,37+,38?,39?,40?,41?,43-,44+,45+,46-,47-/m0/s1. The van der Waals surface area contributed by atoms with Crippen molar-refractivity contribution < 1.29 is 18.3 Å². The van der Waals surface area contributed by atoms with Crippen molar-refractivity contribution in [3.63, 3.8) is 0 Å². The van der Waals surface area contributed by atoms with Crippen molar-refractivity contribution in [1.82, 2.24) is 14.5 Å². The summed E-state index contributed by atoms with van der Waals surface area (Å²) in [5.74, 6) is 3.14. The second kappa shape index (κ2) is 13.4. The molecule has 7 aliphatic rings. The molecule has 0 amide bonds. The first-order valence-corrected chi connectivity index (χ1v) is 23.4. The van der Waals surface area contributed by atoms with E-state index in [-0.39, 0.29) is 38.8 Å². The number of likely N-dealkylation sites (tertiary alicyclic amines) is 1. The second-order valence-corrected chi connectivity index (χ2v) is 22.9. The van der Waals surface area contributed by atoms with Crippen molar-refractivity contribution in [3.05, 3.63) is 66.3 Å². The number of nitrogens with zero attached hydrogens (tertiary/aromatic N) is 2. The summed E-state index contributed by atoms with van der Waals surface area (Å²) >= 11 is 0. The van der Waals surface area contributed by atoms with Crippen molar-refractivity contribution in [2.45, 2.75) is 129 Å². The van der Waals surface area contributed by atoms with Gasteiger partial charge in [0.05, 0.1) is 11.8 Å². The molecular formula is C47H71N3O4S. The number of fused-ring (bicyclic) bond motifs is 9. The van der Waals surface area contributed by atoms with Crippen LogP contribution >= 0.6 is 0 Å². The van der Waals surface area contributed by atoms with Gasteiger partial charge >= 0.3 is 0 Å². The van der Waals surface area contributed by atoms with Gasteiger partial charge in [0.1, 0.15) is 0 Å². The van der Waals surface area contributed by atoms with Gasteiger partial charge in [-0.05, 0) is 134 Å². The molecule has 4 unspecified atom stereocenters. The third-order valence-electron chi connectivity index (χ3n) is 18.5. The largest absolute Gasteiger partial charge is 0.364 e. The Labute approximate surface area is 333 Å². The fraction of sp³-hybridized carbons (Fsp3) is 0.745. The lowest BCUT2D eigenvalue weighted by molar-refractivity contribution is -0.219. The monoisotopic (exact) mass is 774 g/mol. The first kappa shape index (κ1) is 40.0. The maximum atomic E-state index is 12.5. The van der Waals surface area contributed by atoms with Gasteiger partial charge in [-0.1, -0.05) is 83.2 Å². The molecule has 0 radical (unpaired) electrons. The zero-order chi connectivity index (χ0) is 39.6. The van der Waals surface area contributed by atoms with Crippen LogP contribution in [0, 0.1) is 51.2 Å². The summed E-state index contributed by atoms with van der Waals surface area (Å²) in [6, 6.07) is 8.48. The van der Waals surface area contributed by atoms with Gasteiger partial charge in [-0.3, -0.25) is 4.90 Å². The van der Waals surface area contributed by atoms with Crippen LogP contribution in [0.4, 0.5) is 0 Å². The van der Waals surface area contributed by atoms with E-state index in [2.05, 4.69) is 83.1 Å². The number of allylic oxidation sites excluding steroid dienone is 3. The van der Waals surface area contributed by atoms with E-state index in [0.29, 0.717) is 36.1 Å². The summed E-state index contributed by atoms with van der Waals surface area (Å²) in [4.78, 5) is 2.53. The van der Waals surface area contributed by atoms with Gasteiger partial charge in [0.25, 0.3) is 0 Å². The topological polar surface area (TPSA) is 82.1 Å². The van der Waals surface area contributed by atoms with Gasteiger partial charge in [0, 0.05) is 50.4 Å². The highest BCUT2D eigenvalue weighted by Gasteiger charge is 2.70. The number of aliphatic hydroxyl groups is 1. The number of hydrogen-bond donors (Lipinski definition) is 2. The number of piperazine rings is 1. The molecule has 0 spiro atoms. The summed E-state index contributed by atoms with van der Waals surface area (Å²) in [5, 5.41) is 14.5. The van der Waals surface area contributed by atoms with E-state index >= 15 is 0 Å². The van der Waals surface area contributed by atoms with Crippen LogP contribution in [0.15, 0.2) is 55.1 Å². The maximum absolute atomic E-state index is 12.5. The van der Waals surface area contributed by atoms with E-state index in [1.807, 2.05) is 18.2 Å². The lowest BCUT2D eigenvalue weighted by atomic mass is 9.33. The van der Waals surface area contributed by atoms with Gasteiger partial charge < -0.3 is 15.2 Å². The number of hydrogen-bond acceptors (Lipinski definition) is 6. The normalized spacial score (nSPS) is 44.2. The Bertz CT molecular complexity index is 1840. The summed E-state index contributed by atoms with van der Waals surface area (Å²) in [5.41, 5.74) is 5.67. The lowest BCUT2D eigenvalue weighted by Crippen LogP contribution is -2.68. The first-order valence-electron chi connectivity index (χ1n) is 21.6. The van der Waals surface area contributed by atoms with Gasteiger partial charge in [-0.15, -0.1) is 6.58 Å². The van der Waals surface area contributed by atoms with Gasteiger partial charge in [0.2, 0.25) is 10.0 Å². The summed E-state index contributed by atoms with van der Waals surface area (Å²) in [6.45, 7) is 27.5. The highest BCUT2D eigenvalue weighted by molar-refractivity contribution is 7.88. The molecule has 2 aliphatic heterocycles. The van der Waals surface area contributed by atoms with Crippen LogP contribution in [0.1, 0.15) is 123 Å². The Balaban J connectivity index is 1.03. The first-order chi connectivity index (χ1) is 25.8. The Kier molecular flexibility index (Phi) is 9.71. The molecular weight excluding hydrogens is 703 g/mol. The number of aliphatic hydroxyl groups excluding tert-OH is 1. The van der Waals surface area contributed by atoms with Gasteiger partial charge in [-0.2, -0.15) is 4.31 Å². The molecule has 7 nitrogen and oxygen atoms in total. The minimum atomic E-state index is -3.21. The van der Waals surface area contributed by atoms with Gasteiger partial charge in [-0.25, -0.2) is 8.42 Å². The predicted molar refractivity (Wildman–Crippen MR) is 223 cm³/mol. The number of benzene rings is 1. The fourth-order valence-electron chi connectivity index (χ4n) is 15.7. The van der Waals surface area contributed by atoms with Crippen LogP contribution < -0.4 is 5.32 Å². The molecule has 1 aromatic carbocycles. The van der Waals surface area contributed by atoms with Crippen LogP contribution in [0.5, 0.6) is 0 Å². The van der Waals surface area contributed by atoms with Crippen LogP contribution in [-0.4, -0.2) is 79.4 Å². The molecule has 1 aromatic rings. The van der Waals surface area contributed by atoms with Crippen molar-refractivity contribution in [2.24, 2.45) is 51.2 Å². The Hall–Kier alpha value is -1.81. The van der Waals surface area contributed by atoms with Crippen molar-refractivity contribution in [2.75, 3.05) is 39.5 Å². The van der Waals surface area contributed by atoms with Crippen molar-refractivity contribution >= 4 is 15.6 Å². The van der Waals surface area contributed by atoms with Gasteiger partial charge in [0.15, 0.2) is 6.29 Å². The molecule has 4 saturated carbocycles. The number of methoxy groups -OCH3 is 1.